The van der Waals surface area contributed by atoms with E-state index in [0.717, 1.165) is 6.08 Å². The van der Waals surface area contributed by atoms with Crippen molar-refractivity contribution in [2.75, 3.05) is 5.32 Å². The molecule has 5 heteroatoms. The van der Waals surface area contributed by atoms with E-state index in [0.29, 0.717) is 17.0 Å². The maximum Gasteiger partial charge on any atom is 0.417 e. The molecule has 0 saturated carbocycles. The summed E-state index contributed by atoms with van der Waals surface area (Å²) >= 11 is 0. The Bertz CT molecular complexity index is 438. The largest absolute Gasteiger partial charge is 0.478 e. The van der Waals surface area contributed by atoms with Crippen molar-refractivity contribution < 1.29 is 19.4 Å². The molecule has 0 atom stereocenters. The zero-order chi connectivity index (χ0) is 10.8. The summed E-state index contributed by atoms with van der Waals surface area (Å²) in [6, 6.07) is 4.98. The van der Waals surface area contributed by atoms with Crippen LogP contribution in [0.5, 0.6) is 5.75 Å². The highest BCUT2D eigenvalue weighted by Crippen LogP contribution is 2.31. The number of benzene rings is 1. The Morgan fingerprint density at radius 2 is 2.27 bits per heavy atom. The lowest BCUT2D eigenvalue weighted by Crippen LogP contribution is -2.22. The second-order valence-corrected chi connectivity index (χ2v) is 2.90. The average molecular weight is 205 g/mol. The van der Waals surface area contributed by atoms with Gasteiger partial charge in [0.15, 0.2) is 0 Å². The second-order valence-electron chi connectivity index (χ2n) is 2.90. The summed E-state index contributed by atoms with van der Waals surface area (Å²) in [5.74, 6) is -0.698. The number of carboxylic acids is 1. The van der Waals surface area contributed by atoms with Gasteiger partial charge in [0.1, 0.15) is 5.75 Å². The van der Waals surface area contributed by atoms with Gasteiger partial charge in [0.25, 0.3) is 0 Å². The topological polar surface area (TPSA) is 75.6 Å². The van der Waals surface area contributed by atoms with Crippen LogP contribution in [0.2, 0.25) is 0 Å². The van der Waals surface area contributed by atoms with Crippen LogP contribution in [-0.2, 0) is 4.79 Å². The van der Waals surface area contributed by atoms with E-state index in [-0.39, 0.29) is 0 Å². The molecule has 2 N–H and O–H groups in total. The van der Waals surface area contributed by atoms with Crippen molar-refractivity contribution in [2.45, 2.75) is 0 Å². The molecule has 15 heavy (non-hydrogen) atoms. The number of carbonyl (C=O) groups is 2. The van der Waals surface area contributed by atoms with E-state index in [2.05, 4.69) is 5.32 Å². The van der Waals surface area contributed by atoms with Crippen LogP contribution in [0.15, 0.2) is 24.3 Å². The van der Waals surface area contributed by atoms with Gasteiger partial charge in [-0.1, -0.05) is 6.07 Å². The molecular formula is C10H7NO4. The summed E-state index contributed by atoms with van der Waals surface area (Å²) in [5.41, 5.74) is 1.10. The molecule has 0 spiro atoms. The Morgan fingerprint density at radius 3 is 2.93 bits per heavy atom. The minimum Gasteiger partial charge on any atom is -0.478 e. The molecule has 76 valence electrons. The monoisotopic (exact) mass is 205 g/mol. The van der Waals surface area contributed by atoms with Crippen LogP contribution >= 0.6 is 0 Å². The van der Waals surface area contributed by atoms with Gasteiger partial charge < -0.3 is 9.84 Å². The molecule has 0 aromatic heterocycles. The van der Waals surface area contributed by atoms with Crippen molar-refractivity contribution in [2.24, 2.45) is 0 Å². The highest BCUT2D eigenvalue weighted by Gasteiger charge is 2.18. The van der Waals surface area contributed by atoms with Crippen molar-refractivity contribution in [1.82, 2.24) is 0 Å². The predicted octanol–water partition coefficient (Wildman–Crippen LogP) is 1.71. The van der Waals surface area contributed by atoms with E-state index in [1.54, 1.807) is 18.2 Å². The van der Waals surface area contributed by atoms with E-state index >= 15 is 0 Å². The number of carboxylic acid groups (broad SMARTS) is 1. The molecule has 0 fully saturated rings. The summed E-state index contributed by atoms with van der Waals surface area (Å²) < 4.78 is 4.86. The Balaban J connectivity index is 2.43. The zero-order valence-corrected chi connectivity index (χ0v) is 7.56. The van der Waals surface area contributed by atoms with Crippen LogP contribution in [0.4, 0.5) is 10.5 Å². The maximum absolute atomic E-state index is 11.0. The Hall–Kier alpha value is -2.30. The highest BCUT2D eigenvalue weighted by atomic mass is 16.6. The van der Waals surface area contributed by atoms with E-state index in [1.807, 2.05) is 0 Å². The Labute approximate surface area is 85.0 Å². The van der Waals surface area contributed by atoms with E-state index in [4.69, 9.17) is 9.84 Å². The summed E-state index contributed by atoms with van der Waals surface area (Å²) in [6.07, 6.45) is 1.81. The number of fused-ring (bicyclic) bond motifs is 2. The molecular weight excluding hydrogens is 198 g/mol. The van der Waals surface area contributed by atoms with Crippen LogP contribution in [0, 0.1) is 0 Å². The van der Waals surface area contributed by atoms with E-state index in [1.165, 1.54) is 6.08 Å². The third kappa shape index (κ3) is 1.80. The number of aliphatic carboxylic acids is 1. The summed E-state index contributed by atoms with van der Waals surface area (Å²) in [7, 11) is 0. The fraction of sp³-hybridized carbons (Fsp3) is 0. The lowest BCUT2D eigenvalue weighted by atomic mass is 10.1. The number of anilines is 1. The standard InChI is InChI=1S/C10H7NO4/c12-9(13)5-4-6-7-2-1-3-8(6)15-10(14)11-7/h1-5H,(H,11,14)(H,12,13). The van der Waals surface area contributed by atoms with Crippen LogP contribution in [0.25, 0.3) is 6.08 Å². The number of hydrogen-bond acceptors (Lipinski definition) is 3. The fourth-order valence-corrected chi connectivity index (χ4v) is 1.30. The molecule has 1 heterocycles. The van der Waals surface area contributed by atoms with E-state index < -0.39 is 12.1 Å². The molecule has 0 radical (unpaired) electrons. The smallest absolute Gasteiger partial charge is 0.417 e. The first kappa shape index (κ1) is 9.26. The summed E-state index contributed by atoms with van der Waals surface area (Å²) in [6.45, 7) is 0. The third-order valence-electron chi connectivity index (χ3n) is 1.90. The molecule has 0 aliphatic carbocycles. The minimum absolute atomic E-state index is 0.355. The van der Waals surface area contributed by atoms with Gasteiger partial charge >= 0.3 is 12.1 Å². The molecule has 1 aliphatic rings. The number of amides is 1. The van der Waals surface area contributed by atoms with Crippen LogP contribution in [0.3, 0.4) is 0 Å². The van der Waals surface area contributed by atoms with Gasteiger partial charge in [-0.3, -0.25) is 5.32 Å². The molecule has 5 nitrogen and oxygen atoms in total. The van der Waals surface area contributed by atoms with Crippen molar-refractivity contribution in [1.29, 1.82) is 0 Å². The quantitative estimate of drug-likeness (QED) is 0.720. The average Bonchev–Trinajstić information content (AvgIpc) is 2.14. The van der Waals surface area contributed by atoms with Gasteiger partial charge in [-0.05, 0) is 18.2 Å². The minimum atomic E-state index is -1.05. The molecule has 1 aromatic carbocycles. The summed E-state index contributed by atoms with van der Waals surface area (Å²) in [4.78, 5) is 21.3. The van der Waals surface area contributed by atoms with Crippen molar-refractivity contribution in [3.8, 4) is 5.75 Å². The SMILES string of the molecule is O=C(O)C=Cc1c2cccc1OC(=O)N2. The predicted molar refractivity (Wildman–Crippen MR) is 52.8 cm³/mol. The maximum atomic E-state index is 11.0. The lowest BCUT2D eigenvalue weighted by Gasteiger charge is -2.17. The molecule has 0 saturated heterocycles. The molecule has 1 amide bonds. The fourth-order valence-electron chi connectivity index (χ4n) is 1.30. The van der Waals surface area contributed by atoms with Crippen LogP contribution < -0.4 is 10.1 Å². The van der Waals surface area contributed by atoms with Crippen LogP contribution in [-0.4, -0.2) is 17.2 Å². The lowest BCUT2D eigenvalue weighted by molar-refractivity contribution is -0.131. The molecule has 2 bridgehead atoms. The second kappa shape index (κ2) is 3.45. The zero-order valence-electron chi connectivity index (χ0n) is 7.56. The molecule has 0 unspecified atom stereocenters. The molecule has 2 rings (SSSR count). The van der Waals surface area contributed by atoms with Gasteiger partial charge in [-0.2, -0.15) is 0 Å². The number of carbonyl (C=O) groups excluding carboxylic acids is 1. The van der Waals surface area contributed by atoms with Crippen molar-refractivity contribution >= 4 is 23.8 Å². The number of ether oxygens (including phenoxy) is 1. The number of rotatable bonds is 2. The molecule has 1 aliphatic heterocycles. The molecule has 1 aromatic rings. The van der Waals surface area contributed by atoms with Gasteiger partial charge in [-0.15, -0.1) is 0 Å². The van der Waals surface area contributed by atoms with Gasteiger partial charge in [0.05, 0.1) is 5.69 Å². The van der Waals surface area contributed by atoms with Crippen molar-refractivity contribution in [3.63, 3.8) is 0 Å². The highest BCUT2D eigenvalue weighted by molar-refractivity contribution is 5.96. The van der Waals surface area contributed by atoms with Crippen LogP contribution in [0.1, 0.15) is 5.56 Å². The Morgan fingerprint density at radius 1 is 1.47 bits per heavy atom. The van der Waals surface area contributed by atoms with Gasteiger partial charge in [0, 0.05) is 11.6 Å². The normalized spacial score (nSPS) is 13.5. The summed E-state index contributed by atoms with van der Waals surface area (Å²) in [5, 5.41) is 11.0. The first-order valence-corrected chi connectivity index (χ1v) is 4.19. The first-order valence-electron chi connectivity index (χ1n) is 4.19. The first-order chi connectivity index (χ1) is 7.16. The van der Waals surface area contributed by atoms with Gasteiger partial charge in [-0.25, -0.2) is 9.59 Å². The van der Waals surface area contributed by atoms with Crippen molar-refractivity contribution in [3.05, 3.63) is 29.8 Å². The number of nitrogens with one attached hydrogen (secondary N) is 1. The van der Waals surface area contributed by atoms with Gasteiger partial charge in [0.2, 0.25) is 0 Å². The number of hydrogen-bond donors (Lipinski definition) is 2. The van der Waals surface area contributed by atoms with E-state index in [9.17, 15) is 9.59 Å². The Kier molecular flexibility index (Phi) is 2.13. The third-order valence-corrected chi connectivity index (χ3v) is 1.90.